The fourth-order valence-corrected chi connectivity index (χ4v) is 5.56. The van der Waals surface area contributed by atoms with Crippen LogP contribution in [0.1, 0.15) is 37.5 Å². The van der Waals surface area contributed by atoms with Crippen LogP contribution in [0.2, 0.25) is 0 Å². The molecule has 7 nitrogen and oxygen atoms in total. The van der Waals surface area contributed by atoms with Gasteiger partial charge in [0.05, 0.1) is 45.9 Å². The van der Waals surface area contributed by atoms with Crippen LogP contribution >= 0.6 is 0 Å². The first-order chi connectivity index (χ1) is 19.6. The summed E-state index contributed by atoms with van der Waals surface area (Å²) in [7, 11) is -1.28. The molecule has 0 fully saturated rings. The standard InChI is InChI=1S/C32H31FN4O3S/c1-21-14-23(16-30(38)36-24-18-35-37(19-24)32(2,3)4)15-27(33)31(21)40-29-12-13-34-28-11-10-25(17-26(28)29)41(39)20-22-8-6-5-7-9-22/h5-15,17-19H,16,20H2,1-4H3,(H,36,38)/t41-/m1/s1. The van der Waals surface area contributed by atoms with E-state index in [0.717, 1.165) is 5.56 Å². The minimum atomic E-state index is -1.28. The lowest BCUT2D eigenvalue weighted by molar-refractivity contribution is -0.115. The molecule has 0 aliphatic heterocycles. The molecule has 2 heterocycles. The molecule has 0 unspecified atom stereocenters. The number of aromatic nitrogens is 3. The van der Waals surface area contributed by atoms with Gasteiger partial charge in [-0.15, -0.1) is 0 Å². The Morgan fingerprint density at radius 3 is 2.54 bits per heavy atom. The first kappa shape index (κ1) is 28.2. The average molecular weight is 571 g/mol. The van der Waals surface area contributed by atoms with Crippen molar-refractivity contribution in [2.45, 2.75) is 50.3 Å². The molecular weight excluding hydrogens is 539 g/mol. The topological polar surface area (TPSA) is 86.1 Å². The van der Waals surface area contributed by atoms with Crippen molar-refractivity contribution in [3.63, 3.8) is 0 Å². The molecule has 0 aliphatic carbocycles. The summed E-state index contributed by atoms with van der Waals surface area (Å²) in [5, 5.41) is 7.73. The number of ether oxygens (including phenoxy) is 1. The monoisotopic (exact) mass is 570 g/mol. The fourth-order valence-electron chi connectivity index (χ4n) is 4.43. The van der Waals surface area contributed by atoms with Gasteiger partial charge in [0.15, 0.2) is 11.6 Å². The molecule has 2 aromatic heterocycles. The van der Waals surface area contributed by atoms with E-state index in [-0.39, 0.29) is 23.6 Å². The van der Waals surface area contributed by atoms with Crippen LogP contribution in [0.3, 0.4) is 0 Å². The molecule has 0 radical (unpaired) electrons. The van der Waals surface area contributed by atoms with Crippen molar-refractivity contribution >= 4 is 33.3 Å². The summed E-state index contributed by atoms with van der Waals surface area (Å²) < 4.78 is 36.2. The van der Waals surface area contributed by atoms with E-state index in [0.29, 0.717) is 44.1 Å². The summed E-state index contributed by atoms with van der Waals surface area (Å²) in [6.45, 7) is 7.78. The number of rotatable bonds is 8. The van der Waals surface area contributed by atoms with E-state index in [9.17, 15) is 9.00 Å². The van der Waals surface area contributed by atoms with Crippen LogP contribution in [-0.4, -0.2) is 24.9 Å². The minimum Gasteiger partial charge on any atom is -0.453 e. The van der Waals surface area contributed by atoms with Gasteiger partial charge in [0, 0.05) is 22.7 Å². The Hall–Kier alpha value is -4.37. The lowest BCUT2D eigenvalue weighted by Gasteiger charge is -2.18. The highest BCUT2D eigenvalue weighted by Crippen LogP contribution is 2.34. The second-order valence-electron chi connectivity index (χ2n) is 10.9. The molecule has 0 saturated heterocycles. The minimum absolute atomic E-state index is 0.00643. The van der Waals surface area contributed by atoms with E-state index in [2.05, 4.69) is 15.4 Å². The van der Waals surface area contributed by atoms with Gasteiger partial charge < -0.3 is 10.1 Å². The van der Waals surface area contributed by atoms with Gasteiger partial charge in [-0.2, -0.15) is 5.10 Å². The zero-order valence-corrected chi connectivity index (χ0v) is 24.2. The number of nitrogens with zero attached hydrogens (tertiary/aromatic N) is 3. The quantitative estimate of drug-likeness (QED) is 0.219. The van der Waals surface area contributed by atoms with Gasteiger partial charge in [-0.3, -0.25) is 18.7 Å². The molecule has 9 heteroatoms. The Balaban J connectivity index is 1.33. The van der Waals surface area contributed by atoms with Crippen LogP contribution in [0.25, 0.3) is 10.9 Å². The molecule has 1 amide bonds. The Morgan fingerprint density at radius 1 is 1.05 bits per heavy atom. The summed E-state index contributed by atoms with van der Waals surface area (Å²) in [6, 6.07) is 19.7. The number of hydrogen-bond acceptors (Lipinski definition) is 5. The number of halogens is 1. The molecule has 0 bridgehead atoms. The number of nitrogens with one attached hydrogen (secondary N) is 1. The predicted octanol–water partition coefficient (Wildman–Crippen LogP) is 6.92. The van der Waals surface area contributed by atoms with Gasteiger partial charge in [-0.1, -0.05) is 36.4 Å². The number of aryl methyl sites for hydroxylation is 1. The van der Waals surface area contributed by atoms with E-state index >= 15 is 4.39 Å². The molecule has 1 N–H and O–H groups in total. The Morgan fingerprint density at radius 2 is 1.83 bits per heavy atom. The van der Waals surface area contributed by atoms with Crippen LogP contribution in [0.5, 0.6) is 11.5 Å². The zero-order chi connectivity index (χ0) is 29.1. The van der Waals surface area contributed by atoms with Crippen molar-refractivity contribution in [1.29, 1.82) is 0 Å². The van der Waals surface area contributed by atoms with Crippen molar-refractivity contribution < 1.29 is 18.1 Å². The highest BCUT2D eigenvalue weighted by atomic mass is 32.2. The molecule has 0 aliphatic rings. The molecular formula is C32H31FN4O3S. The number of pyridine rings is 1. The fraction of sp³-hybridized carbons (Fsp3) is 0.219. The highest BCUT2D eigenvalue weighted by Gasteiger charge is 2.17. The molecule has 210 valence electrons. The van der Waals surface area contributed by atoms with Crippen LogP contribution in [0.4, 0.5) is 10.1 Å². The molecule has 41 heavy (non-hydrogen) atoms. The molecule has 0 spiro atoms. The van der Waals surface area contributed by atoms with Crippen molar-refractivity contribution in [3.05, 3.63) is 108 Å². The third-order valence-corrected chi connectivity index (χ3v) is 7.87. The normalized spacial score (nSPS) is 12.3. The smallest absolute Gasteiger partial charge is 0.228 e. The molecule has 5 rings (SSSR count). The van der Waals surface area contributed by atoms with E-state index in [1.54, 1.807) is 60.5 Å². The Labute approximate surface area is 240 Å². The van der Waals surface area contributed by atoms with E-state index < -0.39 is 16.6 Å². The number of anilines is 1. The first-order valence-corrected chi connectivity index (χ1v) is 14.5. The summed E-state index contributed by atoms with van der Waals surface area (Å²) in [6.07, 6.45) is 4.94. The first-order valence-electron chi connectivity index (χ1n) is 13.2. The van der Waals surface area contributed by atoms with Crippen molar-refractivity contribution in [2.75, 3.05) is 5.32 Å². The lowest BCUT2D eigenvalue weighted by Crippen LogP contribution is -2.22. The zero-order valence-electron chi connectivity index (χ0n) is 23.3. The molecule has 5 aromatic rings. The second-order valence-corrected chi connectivity index (χ2v) is 12.3. The number of fused-ring (bicyclic) bond motifs is 1. The van der Waals surface area contributed by atoms with E-state index in [1.165, 1.54) is 6.07 Å². The van der Waals surface area contributed by atoms with E-state index in [4.69, 9.17) is 4.74 Å². The summed E-state index contributed by atoms with van der Waals surface area (Å²) in [5.74, 6) is -0.0186. The highest BCUT2D eigenvalue weighted by molar-refractivity contribution is 7.84. The van der Waals surface area contributed by atoms with Gasteiger partial charge in [0.25, 0.3) is 0 Å². The largest absolute Gasteiger partial charge is 0.453 e. The second kappa shape index (κ2) is 11.6. The number of carbonyl (C=O) groups excluding carboxylic acids is 1. The summed E-state index contributed by atoms with van der Waals surface area (Å²) in [4.78, 5) is 17.7. The maximum atomic E-state index is 15.3. The van der Waals surface area contributed by atoms with E-state index in [1.807, 2.05) is 51.1 Å². The third kappa shape index (κ3) is 6.69. The van der Waals surface area contributed by atoms with Crippen molar-refractivity contribution in [3.8, 4) is 11.5 Å². The molecule has 3 aromatic carbocycles. The third-order valence-electron chi connectivity index (χ3n) is 6.50. The number of benzene rings is 3. The van der Waals surface area contributed by atoms with Crippen molar-refractivity contribution in [2.24, 2.45) is 0 Å². The maximum Gasteiger partial charge on any atom is 0.228 e. The van der Waals surface area contributed by atoms with Crippen LogP contribution in [0.15, 0.2) is 90.2 Å². The number of amides is 1. The van der Waals surface area contributed by atoms with Gasteiger partial charge in [-0.05, 0) is 74.7 Å². The summed E-state index contributed by atoms with van der Waals surface area (Å²) in [5.41, 5.74) is 3.05. The molecule has 0 saturated carbocycles. The van der Waals surface area contributed by atoms with Crippen LogP contribution in [-0.2, 0) is 33.3 Å². The number of hydrogen-bond donors (Lipinski definition) is 1. The summed E-state index contributed by atoms with van der Waals surface area (Å²) >= 11 is 0. The SMILES string of the molecule is Cc1cc(CC(=O)Nc2cnn(C(C)(C)C)c2)cc(F)c1Oc1ccnc2ccc([S@](=O)Cc3ccccc3)cc12. The van der Waals surface area contributed by atoms with Gasteiger partial charge in [-0.25, -0.2) is 4.39 Å². The van der Waals surface area contributed by atoms with Crippen LogP contribution < -0.4 is 10.1 Å². The Bertz CT molecular complexity index is 1720. The average Bonchev–Trinajstić information content (AvgIpc) is 3.40. The Kier molecular flexibility index (Phi) is 7.99. The lowest BCUT2D eigenvalue weighted by atomic mass is 10.1. The van der Waals surface area contributed by atoms with Gasteiger partial charge in [0.1, 0.15) is 5.75 Å². The predicted molar refractivity (Wildman–Crippen MR) is 159 cm³/mol. The van der Waals surface area contributed by atoms with Gasteiger partial charge in [0.2, 0.25) is 5.91 Å². The van der Waals surface area contributed by atoms with Gasteiger partial charge >= 0.3 is 0 Å². The van der Waals surface area contributed by atoms with Crippen LogP contribution in [0, 0.1) is 12.7 Å². The molecule has 1 atom stereocenters. The maximum absolute atomic E-state index is 15.3. The van der Waals surface area contributed by atoms with Crippen molar-refractivity contribution in [1.82, 2.24) is 14.8 Å². The number of carbonyl (C=O) groups is 1.